The van der Waals surface area contributed by atoms with Crippen LogP contribution in [0.1, 0.15) is 31.9 Å². The van der Waals surface area contributed by atoms with E-state index < -0.39 is 0 Å². The van der Waals surface area contributed by atoms with Crippen LogP contribution in [0.5, 0.6) is 0 Å². The monoisotopic (exact) mass is 474 g/mol. The molecule has 1 aliphatic rings. The van der Waals surface area contributed by atoms with Crippen molar-refractivity contribution in [1.82, 2.24) is 14.4 Å². The topological polar surface area (TPSA) is 48.8 Å². The van der Waals surface area contributed by atoms with Crippen molar-refractivity contribution < 1.29 is 9.59 Å². The molecule has 2 amide bonds. The van der Waals surface area contributed by atoms with E-state index in [4.69, 9.17) is 12.2 Å². The van der Waals surface area contributed by atoms with Crippen molar-refractivity contribution in [3.63, 3.8) is 0 Å². The van der Waals surface area contributed by atoms with Gasteiger partial charge < -0.3 is 14.4 Å². The molecule has 0 unspecified atom stereocenters. The molecule has 7 heteroatoms. The first kappa shape index (κ1) is 23.7. The predicted octanol–water partition coefficient (Wildman–Crippen LogP) is 4.68. The molecule has 3 aromatic rings. The third-order valence-corrected chi connectivity index (χ3v) is 6.84. The van der Waals surface area contributed by atoms with Gasteiger partial charge in [0.15, 0.2) is 5.11 Å². The number of para-hydroxylation sites is 2. The summed E-state index contributed by atoms with van der Waals surface area (Å²) in [6.07, 6.45) is 4.72. The van der Waals surface area contributed by atoms with Crippen LogP contribution in [0.2, 0.25) is 0 Å². The molecule has 1 saturated heterocycles. The van der Waals surface area contributed by atoms with Crippen LogP contribution in [0, 0.1) is 0 Å². The SMILES string of the molecule is CCc1cccc2c(/C=C3/C(=O)N(c4ccccc4)C(=S)N3C)cn(CC(=O)N(CC)CC)c12. The van der Waals surface area contributed by atoms with Gasteiger partial charge in [-0.25, -0.2) is 0 Å². The number of benzene rings is 2. The molecule has 0 spiro atoms. The van der Waals surface area contributed by atoms with Crippen molar-refractivity contribution in [3.05, 3.63) is 71.6 Å². The fourth-order valence-electron chi connectivity index (χ4n) is 4.52. The van der Waals surface area contributed by atoms with Gasteiger partial charge in [-0.15, -0.1) is 0 Å². The standard InChI is InChI=1S/C27H30N4O2S/c1-5-19-12-11-15-22-20(17-30(25(19)22)18-24(32)29(6-2)7-3)16-23-26(33)31(27(34)28(23)4)21-13-9-8-10-14-21/h8-17H,5-7,18H2,1-4H3/b23-16-. The molecule has 1 aromatic heterocycles. The van der Waals surface area contributed by atoms with E-state index in [1.54, 1.807) is 9.80 Å². The van der Waals surface area contributed by atoms with Crippen LogP contribution in [-0.2, 0) is 22.6 Å². The van der Waals surface area contributed by atoms with Gasteiger partial charge in [-0.2, -0.15) is 0 Å². The molecule has 6 nitrogen and oxygen atoms in total. The highest BCUT2D eigenvalue weighted by Crippen LogP contribution is 2.31. The quantitative estimate of drug-likeness (QED) is 0.369. The maximum absolute atomic E-state index is 13.4. The highest BCUT2D eigenvalue weighted by molar-refractivity contribution is 7.80. The van der Waals surface area contributed by atoms with Gasteiger partial charge in [0.25, 0.3) is 5.91 Å². The smallest absolute Gasteiger partial charge is 0.281 e. The number of likely N-dealkylation sites (N-methyl/N-ethyl adjacent to an activating group) is 2. The summed E-state index contributed by atoms with van der Waals surface area (Å²) in [6.45, 7) is 7.71. The fourth-order valence-corrected chi connectivity index (χ4v) is 4.81. The molecule has 1 aliphatic heterocycles. The Morgan fingerprint density at radius 3 is 2.38 bits per heavy atom. The molecule has 2 aromatic carbocycles. The number of carbonyl (C=O) groups excluding carboxylic acids is 2. The van der Waals surface area contributed by atoms with Crippen LogP contribution < -0.4 is 4.90 Å². The van der Waals surface area contributed by atoms with Crippen LogP contribution in [-0.4, -0.2) is 51.4 Å². The van der Waals surface area contributed by atoms with Crippen molar-refractivity contribution in [2.24, 2.45) is 0 Å². The minimum absolute atomic E-state index is 0.0810. The molecule has 2 heterocycles. The number of hydrogen-bond acceptors (Lipinski definition) is 3. The van der Waals surface area contributed by atoms with E-state index in [1.165, 1.54) is 5.56 Å². The molecular formula is C27H30N4O2S. The van der Waals surface area contributed by atoms with Gasteiger partial charge in [-0.05, 0) is 56.3 Å². The van der Waals surface area contributed by atoms with E-state index in [0.29, 0.717) is 23.9 Å². The van der Waals surface area contributed by atoms with Crippen LogP contribution in [0.3, 0.4) is 0 Å². The largest absolute Gasteiger partial charge is 0.342 e. The van der Waals surface area contributed by atoms with E-state index in [9.17, 15) is 9.59 Å². The Balaban J connectivity index is 1.80. The Bertz CT molecular complexity index is 1270. The molecule has 0 bridgehead atoms. The van der Waals surface area contributed by atoms with Crippen LogP contribution in [0.15, 0.2) is 60.4 Å². The molecule has 176 valence electrons. The molecule has 0 N–H and O–H groups in total. The first-order valence-corrected chi connectivity index (χ1v) is 12.1. The van der Waals surface area contributed by atoms with Gasteiger partial charge in [-0.3, -0.25) is 14.5 Å². The van der Waals surface area contributed by atoms with E-state index in [2.05, 4.69) is 13.0 Å². The first-order chi connectivity index (χ1) is 16.4. The number of aromatic nitrogens is 1. The van der Waals surface area contributed by atoms with Crippen molar-refractivity contribution in [2.45, 2.75) is 33.7 Å². The highest BCUT2D eigenvalue weighted by atomic mass is 32.1. The summed E-state index contributed by atoms with van der Waals surface area (Å²) in [5, 5.41) is 1.46. The van der Waals surface area contributed by atoms with E-state index in [1.807, 2.05) is 85.1 Å². The van der Waals surface area contributed by atoms with Crippen molar-refractivity contribution in [3.8, 4) is 0 Å². The number of amides is 2. The molecule has 1 fully saturated rings. The summed E-state index contributed by atoms with van der Waals surface area (Å²) >= 11 is 5.60. The Morgan fingerprint density at radius 2 is 1.74 bits per heavy atom. The molecule has 0 aliphatic carbocycles. The zero-order valence-corrected chi connectivity index (χ0v) is 20.9. The minimum atomic E-state index is -0.162. The third kappa shape index (κ3) is 4.12. The van der Waals surface area contributed by atoms with Gasteiger partial charge in [-0.1, -0.05) is 43.3 Å². The molecule has 4 rings (SSSR count). The van der Waals surface area contributed by atoms with Crippen molar-refractivity contribution in [2.75, 3.05) is 25.0 Å². The summed E-state index contributed by atoms with van der Waals surface area (Å²) in [6, 6.07) is 15.6. The minimum Gasteiger partial charge on any atom is -0.342 e. The van der Waals surface area contributed by atoms with Gasteiger partial charge >= 0.3 is 0 Å². The third-order valence-electron chi connectivity index (χ3n) is 6.38. The predicted molar refractivity (Wildman–Crippen MR) is 142 cm³/mol. The second-order valence-corrected chi connectivity index (χ2v) is 8.66. The number of nitrogens with zero attached hydrogens (tertiary/aromatic N) is 4. The summed E-state index contributed by atoms with van der Waals surface area (Å²) in [7, 11) is 1.82. The van der Waals surface area contributed by atoms with E-state index >= 15 is 0 Å². The Labute approximate surface area is 206 Å². The second-order valence-electron chi connectivity index (χ2n) is 8.29. The maximum atomic E-state index is 13.4. The molecular weight excluding hydrogens is 444 g/mol. The zero-order valence-electron chi connectivity index (χ0n) is 20.1. The highest BCUT2D eigenvalue weighted by Gasteiger charge is 2.37. The Morgan fingerprint density at radius 1 is 1.03 bits per heavy atom. The number of aryl methyl sites for hydroxylation is 1. The maximum Gasteiger partial charge on any atom is 0.281 e. The summed E-state index contributed by atoms with van der Waals surface area (Å²) in [5.74, 6) is -0.0806. The summed E-state index contributed by atoms with van der Waals surface area (Å²) in [5.41, 5.74) is 4.35. The number of fused-ring (bicyclic) bond motifs is 1. The average Bonchev–Trinajstić information content (AvgIpc) is 3.30. The average molecular weight is 475 g/mol. The lowest BCUT2D eigenvalue weighted by atomic mass is 10.1. The molecule has 0 radical (unpaired) electrons. The van der Waals surface area contributed by atoms with Crippen LogP contribution >= 0.6 is 12.2 Å². The summed E-state index contributed by atoms with van der Waals surface area (Å²) < 4.78 is 2.02. The molecule has 0 atom stereocenters. The molecule has 34 heavy (non-hydrogen) atoms. The lowest BCUT2D eigenvalue weighted by Gasteiger charge is -2.19. The van der Waals surface area contributed by atoms with Crippen molar-refractivity contribution >= 4 is 51.8 Å². The van der Waals surface area contributed by atoms with Gasteiger partial charge in [0.2, 0.25) is 5.91 Å². The lowest BCUT2D eigenvalue weighted by Crippen LogP contribution is -2.33. The number of hydrogen-bond donors (Lipinski definition) is 0. The number of thiocarbonyl (C=S) groups is 1. The fraction of sp³-hybridized carbons (Fsp3) is 0.296. The van der Waals surface area contributed by atoms with Gasteiger partial charge in [0.1, 0.15) is 12.2 Å². The number of carbonyl (C=O) groups is 2. The van der Waals surface area contributed by atoms with Crippen LogP contribution in [0.25, 0.3) is 17.0 Å². The number of rotatable bonds is 7. The second kappa shape index (κ2) is 9.81. The van der Waals surface area contributed by atoms with Gasteiger partial charge in [0.05, 0.1) is 11.2 Å². The Hall–Kier alpha value is -3.45. The number of anilines is 1. The first-order valence-electron chi connectivity index (χ1n) is 11.7. The molecule has 0 saturated carbocycles. The van der Waals surface area contributed by atoms with Crippen LogP contribution in [0.4, 0.5) is 5.69 Å². The van der Waals surface area contributed by atoms with E-state index in [0.717, 1.165) is 28.6 Å². The lowest BCUT2D eigenvalue weighted by molar-refractivity contribution is -0.131. The van der Waals surface area contributed by atoms with E-state index in [-0.39, 0.29) is 18.4 Å². The van der Waals surface area contributed by atoms with Crippen molar-refractivity contribution in [1.29, 1.82) is 0 Å². The van der Waals surface area contributed by atoms with Gasteiger partial charge in [0, 0.05) is 37.3 Å². The Kier molecular flexibility index (Phi) is 6.84. The summed E-state index contributed by atoms with van der Waals surface area (Å²) in [4.78, 5) is 31.5. The normalized spacial score (nSPS) is 15.1. The zero-order chi connectivity index (χ0) is 24.4.